The van der Waals surface area contributed by atoms with Gasteiger partial charge in [-0.3, -0.25) is 14.3 Å². The molecular weight excluding hydrogens is 475 g/mol. The Labute approximate surface area is 195 Å². The lowest BCUT2D eigenvalue weighted by atomic mass is 10.0. The van der Waals surface area contributed by atoms with Crippen LogP contribution in [0.3, 0.4) is 0 Å². The molecule has 1 amide bonds. The predicted molar refractivity (Wildman–Crippen MR) is 123 cm³/mol. The lowest BCUT2D eigenvalue weighted by Gasteiger charge is -2.17. The molecule has 0 fully saturated rings. The molecule has 0 radical (unpaired) electrons. The van der Waals surface area contributed by atoms with Crippen LogP contribution >= 0.6 is 23.2 Å². The van der Waals surface area contributed by atoms with Crippen LogP contribution in [0.5, 0.6) is 0 Å². The molecular formula is C22H18Cl2N2O5S. The number of anilines is 1. The minimum Gasteiger partial charge on any atom is -0.481 e. The first-order chi connectivity index (χ1) is 15.1. The number of nitrogens with one attached hydrogen (secondary N) is 2. The number of sulfonamides is 1. The topological polar surface area (TPSA) is 113 Å². The highest BCUT2D eigenvalue weighted by Gasteiger charge is 2.20. The Kier molecular flexibility index (Phi) is 7.40. The second kappa shape index (κ2) is 10.0. The largest absolute Gasteiger partial charge is 0.481 e. The van der Waals surface area contributed by atoms with Gasteiger partial charge in [0.2, 0.25) is 0 Å². The lowest BCUT2D eigenvalue weighted by Crippen LogP contribution is -2.30. The van der Waals surface area contributed by atoms with Crippen LogP contribution in [0, 0.1) is 0 Å². The monoisotopic (exact) mass is 492 g/mol. The average molecular weight is 493 g/mol. The molecule has 166 valence electrons. The van der Waals surface area contributed by atoms with Gasteiger partial charge in [0, 0.05) is 21.3 Å². The SMILES string of the molecule is O=C(O)CC(NC(=O)c1ccc(NS(=O)(=O)c2cc(Cl)cc(Cl)c2)cc1)c1ccccc1. The number of carboxylic acids is 1. The molecule has 0 aromatic heterocycles. The molecule has 0 aliphatic rings. The van der Waals surface area contributed by atoms with E-state index in [4.69, 9.17) is 28.3 Å². The van der Waals surface area contributed by atoms with Crippen LogP contribution in [-0.2, 0) is 14.8 Å². The number of rotatable bonds is 8. The molecule has 0 bridgehead atoms. The quantitative estimate of drug-likeness (QED) is 0.420. The second-order valence-corrected chi connectivity index (χ2v) is 9.38. The summed E-state index contributed by atoms with van der Waals surface area (Å²) in [6, 6.07) is 17.7. The minimum atomic E-state index is -3.94. The number of benzene rings is 3. The molecule has 0 spiro atoms. The zero-order chi connectivity index (χ0) is 23.3. The fourth-order valence-electron chi connectivity index (χ4n) is 2.94. The van der Waals surface area contributed by atoms with E-state index in [1.54, 1.807) is 30.3 Å². The number of amides is 1. The maximum absolute atomic E-state index is 12.6. The van der Waals surface area contributed by atoms with E-state index in [1.165, 1.54) is 42.5 Å². The van der Waals surface area contributed by atoms with Gasteiger partial charge in [-0.25, -0.2) is 8.42 Å². The van der Waals surface area contributed by atoms with Gasteiger partial charge in [-0.05, 0) is 48.0 Å². The van der Waals surface area contributed by atoms with Crippen LogP contribution in [0.1, 0.15) is 28.4 Å². The molecule has 32 heavy (non-hydrogen) atoms. The first kappa shape index (κ1) is 23.6. The number of carbonyl (C=O) groups is 2. The summed E-state index contributed by atoms with van der Waals surface area (Å²) in [5.41, 5.74) is 1.13. The summed E-state index contributed by atoms with van der Waals surface area (Å²) in [7, 11) is -3.94. The summed E-state index contributed by atoms with van der Waals surface area (Å²) < 4.78 is 27.5. The first-order valence-electron chi connectivity index (χ1n) is 9.30. The van der Waals surface area contributed by atoms with E-state index in [2.05, 4.69) is 10.0 Å². The Morgan fingerprint density at radius 1 is 0.906 bits per heavy atom. The standard InChI is InChI=1S/C22H18Cl2N2O5S/c23-16-10-17(24)12-19(11-16)32(30,31)26-18-8-6-15(7-9-18)22(29)25-20(13-21(27)28)14-4-2-1-3-5-14/h1-12,20,26H,13H2,(H,25,29)(H,27,28). The summed E-state index contributed by atoms with van der Waals surface area (Å²) in [6.45, 7) is 0. The van der Waals surface area contributed by atoms with Gasteiger partial charge < -0.3 is 10.4 Å². The van der Waals surface area contributed by atoms with Crippen molar-refractivity contribution in [3.63, 3.8) is 0 Å². The maximum atomic E-state index is 12.6. The van der Waals surface area contributed by atoms with E-state index in [9.17, 15) is 18.0 Å². The normalized spacial score (nSPS) is 12.1. The van der Waals surface area contributed by atoms with Crippen molar-refractivity contribution in [1.29, 1.82) is 0 Å². The highest BCUT2D eigenvalue weighted by atomic mass is 35.5. The van der Waals surface area contributed by atoms with Gasteiger partial charge >= 0.3 is 5.97 Å². The number of hydrogen-bond donors (Lipinski definition) is 3. The average Bonchev–Trinajstić information content (AvgIpc) is 2.73. The Morgan fingerprint density at radius 3 is 2.06 bits per heavy atom. The van der Waals surface area contributed by atoms with Gasteiger partial charge in [-0.2, -0.15) is 0 Å². The van der Waals surface area contributed by atoms with Gasteiger partial charge in [0.15, 0.2) is 0 Å². The van der Waals surface area contributed by atoms with Crippen molar-refractivity contribution in [2.45, 2.75) is 17.4 Å². The number of hydrogen-bond acceptors (Lipinski definition) is 4. The van der Waals surface area contributed by atoms with Crippen LogP contribution in [0.2, 0.25) is 10.0 Å². The Hall–Kier alpha value is -3.07. The Bertz CT molecular complexity index is 1210. The van der Waals surface area contributed by atoms with Gasteiger partial charge in [0.1, 0.15) is 0 Å². The summed E-state index contributed by atoms with van der Waals surface area (Å²) in [4.78, 5) is 23.7. The molecule has 3 aromatic rings. The summed E-state index contributed by atoms with van der Waals surface area (Å²) in [5.74, 6) is -1.54. The zero-order valence-electron chi connectivity index (χ0n) is 16.5. The molecule has 7 nitrogen and oxygen atoms in total. The maximum Gasteiger partial charge on any atom is 0.305 e. The van der Waals surface area contributed by atoms with Gasteiger partial charge in [-0.1, -0.05) is 53.5 Å². The van der Waals surface area contributed by atoms with Crippen molar-refractivity contribution >= 4 is 50.8 Å². The number of carbonyl (C=O) groups excluding carboxylic acids is 1. The third-order valence-corrected chi connectivity index (χ3v) is 6.23. The van der Waals surface area contributed by atoms with Crippen molar-refractivity contribution in [3.05, 3.63) is 94.0 Å². The molecule has 0 saturated heterocycles. The fraction of sp³-hybridized carbons (Fsp3) is 0.0909. The summed E-state index contributed by atoms with van der Waals surface area (Å²) >= 11 is 11.7. The van der Waals surface area contributed by atoms with E-state index >= 15 is 0 Å². The summed E-state index contributed by atoms with van der Waals surface area (Å²) in [6.07, 6.45) is -0.282. The van der Waals surface area contributed by atoms with Crippen molar-refractivity contribution in [2.75, 3.05) is 4.72 Å². The Morgan fingerprint density at radius 2 is 1.50 bits per heavy atom. The van der Waals surface area contributed by atoms with E-state index < -0.39 is 27.9 Å². The van der Waals surface area contributed by atoms with Crippen LogP contribution in [0.15, 0.2) is 77.7 Å². The van der Waals surface area contributed by atoms with Gasteiger partial charge in [-0.15, -0.1) is 0 Å². The third-order valence-electron chi connectivity index (χ3n) is 4.43. The van der Waals surface area contributed by atoms with Gasteiger partial charge in [0.25, 0.3) is 15.9 Å². The molecule has 3 aromatic carbocycles. The molecule has 0 saturated carbocycles. The van der Waals surface area contributed by atoms with E-state index in [0.717, 1.165) is 0 Å². The summed E-state index contributed by atoms with van der Waals surface area (Å²) in [5, 5.41) is 12.2. The molecule has 1 unspecified atom stereocenters. The van der Waals surface area contributed by atoms with E-state index in [-0.39, 0.29) is 32.6 Å². The van der Waals surface area contributed by atoms with Crippen molar-refractivity contribution in [2.24, 2.45) is 0 Å². The third kappa shape index (κ3) is 6.23. The predicted octanol–water partition coefficient (Wildman–Crippen LogP) is 4.74. The van der Waals surface area contributed by atoms with E-state index in [1.807, 2.05) is 0 Å². The molecule has 1 atom stereocenters. The smallest absolute Gasteiger partial charge is 0.305 e. The number of carboxylic acid groups (broad SMARTS) is 1. The fourth-order valence-corrected chi connectivity index (χ4v) is 4.73. The molecule has 3 rings (SSSR count). The van der Waals surface area contributed by atoms with E-state index in [0.29, 0.717) is 5.56 Å². The van der Waals surface area contributed by atoms with Crippen molar-refractivity contribution in [1.82, 2.24) is 5.32 Å². The van der Waals surface area contributed by atoms with Crippen LogP contribution in [0.25, 0.3) is 0 Å². The van der Waals surface area contributed by atoms with Crippen molar-refractivity contribution < 1.29 is 23.1 Å². The number of aliphatic carboxylic acids is 1. The van der Waals surface area contributed by atoms with Crippen LogP contribution in [-0.4, -0.2) is 25.4 Å². The van der Waals surface area contributed by atoms with Crippen molar-refractivity contribution in [3.8, 4) is 0 Å². The second-order valence-electron chi connectivity index (χ2n) is 6.82. The number of halogens is 2. The lowest BCUT2D eigenvalue weighted by molar-refractivity contribution is -0.137. The molecule has 3 N–H and O–H groups in total. The minimum absolute atomic E-state index is 0.101. The molecule has 0 aliphatic heterocycles. The first-order valence-corrected chi connectivity index (χ1v) is 11.5. The highest BCUT2D eigenvalue weighted by Crippen LogP contribution is 2.24. The molecule has 0 heterocycles. The molecule has 0 aliphatic carbocycles. The van der Waals surface area contributed by atoms with Crippen LogP contribution < -0.4 is 10.0 Å². The molecule has 10 heteroatoms. The highest BCUT2D eigenvalue weighted by molar-refractivity contribution is 7.92. The Balaban J connectivity index is 1.74. The van der Waals surface area contributed by atoms with Gasteiger partial charge in [0.05, 0.1) is 17.4 Å². The van der Waals surface area contributed by atoms with Crippen LogP contribution in [0.4, 0.5) is 5.69 Å². The zero-order valence-corrected chi connectivity index (χ0v) is 18.8.